The van der Waals surface area contributed by atoms with E-state index in [4.69, 9.17) is 17.2 Å². The molecular formula is C29H44N8O3. The van der Waals surface area contributed by atoms with Crippen LogP contribution in [0.15, 0.2) is 65.7 Å². The first kappa shape index (κ1) is 32.4. The first-order chi connectivity index (χ1) is 19.2. The topological polar surface area (TPSA) is 190 Å². The van der Waals surface area contributed by atoms with Crippen LogP contribution in [0.1, 0.15) is 37.3 Å². The zero-order valence-electron chi connectivity index (χ0n) is 23.3. The minimum Gasteiger partial charge on any atom is -0.370 e. The van der Waals surface area contributed by atoms with Gasteiger partial charge in [0.05, 0.1) is 12.6 Å². The highest BCUT2D eigenvalue weighted by molar-refractivity contribution is 6.37. The van der Waals surface area contributed by atoms with Crippen molar-refractivity contribution in [2.24, 2.45) is 22.2 Å². The maximum absolute atomic E-state index is 12.7. The fourth-order valence-corrected chi connectivity index (χ4v) is 4.09. The molecule has 2 aromatic rings. The second-order valence-corrected chi connectivity index (χ2v) is 9.86. The van der Waals surface area contributed by atoms with Crippen LogP contribution in [0.3, 0.4) is 0 Å². The second kappa shape index (κ2) is 17.7. The molecule has 1 aliphatic heterocycles. The molecule has 40 heavy (non-hydrogen) atoms. The van der Waals surface area contributed by atoms with Crippen LogP contribution < -0.4 is 38.5 Å². The first-order valence-corrected chi connectivity index (χ1v) is 13.7. The maximum atomic E-state index is 12.7. The van der Waals surface area contributed by atoms with E-state index in [1.54, 1.807) is 0 Å². The Morgan fingerprint density at radius 3 is 2.23 bits per heavy atom. The van der Waals surface area contributed by atoms with Gasteiger partial charge in [-0.1, -0.05) is 67.6 Å². The summed E-state index contributed by atoms with van der Waals surface area (Å²) in [5.41, 5.74) is 18.2. The van der Waals surface area contributed by atoms with Gasteiger partial charge < -0.3 is 38.5 Å². The lowest BCUT2D eigenvalue weighted by atomic mass is 9.88. The van der Waals surface area contributed by atoms with Gasteiger partial charge in [0.15, 0.2) is 5.96 Å². The van der Waals surface area contributed by atoms with Crippen molar-refractivity contribution in [1.82, 2.24) is 21.3 Å². The average Bonchev–Trinajstić information content (AvgIpc) is 3.05. The SMILES string of the molecule is CCCN=C(N)N.N[C@@]1(Cc2ccccc2)CCNCCC(C(=O)NCC(=O)C(=O)NCc2ccccc2)NC1. The summed E-state index contributed by atoms with van der Waals surface area (Å²) < 4.78 is 0. The third-order valence-corrected chi connectivity index (χ3v) is 6.32. The lowest BCUT2D eigenvalue weighted by Crippen LogP contribution is -2.56. The predicted molar refractivity (Wildman–Crippen MR) is 158 cm³/mol. The van der Waals surface area contributed by atoms with Crippen molar-refractivity contribution in [3.8, 4) is 0 Å². The predicted octanol–water partition coefficient (Wildman–Crippen LogP) is -0.0603. The molecule has 1 fully saturated rings. The van der Waals surface area contributed by atoms with Crippen LogP contribution in [0.5, 0.6) is 0 Å². The van der Waals surface area contributed by atoms with E-state index in [-0.39, 0.29) is 25.0 Å². The van der Waals surface area contributed by atoms with E-state index in [0.717, 1.165) is 37.1 Å². The van der Waals surface area contributed by atoms with Gasteiger partial charge in [0.25, 0.3) is 5.91 Å². The molecule has 0 aliphatic carbocycles. The number of carbonyl (C=O) groups excluding carboxylic acids is 3. The summed E-state index contributed by atoms with van der Waals surface area (Å²) in [7, 11) is 0. The van der Waals surface area contributed by atoms with E-state index in [1.807, 2.05) is 67.6 Å². The number of hydrogen-bond donors (Lipinski definition) is 7. The number of nitrogens with one attached hydrogen (secondary N) is 4. The molecule has 1 unspecified atom stereocenters. The van der Waals surface area contributed by atoms with Gasteiger partial charge in [-0.3, -0.25) is 19.4 Å². The van der Waals surface area contributed by atoms with E-state index < -0.39 is 23.3 Å². The molecule has 0 saturated carbocycles. The normalized spacial score (nSPS) is 18.9. The van der Waals surface area contributed by atoms with Crippen molar-refractivity contribution >= 4 is 23.6 Å². The molecular weight excluding hydrogens is 508 g/mol. The summed E-state index contributed by atoms with van der Waals surface area (Å²) in [6.45, 7) is 4.55. The molecule has 11 nitrogen and oxygen atoms in total. The minimum absolute atomic E-state index is 0.182. The Kier molecular flexibility index (Phi) is 14.4. The molecule has 2 atom stereocenters. The molecule has 0 radical (unpaired) electrons. The number of nitrogens with two attached hydrogens (primary N) is 3. The Labute approximate surface area is 236 Å². The Hall–Kier alpha value is -3.80. The van der Waals surface area contributed by atoms with Crippen LogP contribution in [-0.2, 0) is 27.3 Å². The van der Waals surface area contributed by atoms with Gasteiger partial charge in [0, 0.05) is 25.2 Å². The zero-order chi connectivity index (χ0) is 29.2. The van der Waals surface area contributed by atoms with Crippen LogP contribution in [-0.4, -0.2) is 67.9 Å². The van der Waals surface area contributed by atoms with Crippen LogP contribution >= 0.6 is 0 Å². The number of nitrogens with zero attached hydrogens (tertiary/aromatic N) is 1. The minimum atomic E-state index is -0.716. The number of ketones is 1. The van der Waals surface area contributed by atoms with E-state index in [2.05, 4.69) is 26.3 Å². The van der Waals surface area contributed by atoms with Gasteiger partial charge in [-0.25, -0.2) is 0 Å². The van der Waals surface area contributed by atoms with Gasteiger partial charge in [-0.05, 0) is 49.9 Å². The number of hydrogen-bond acceptors (Lipinski definition) is 7. The van der Waals surface area contributed by atoms with Gasteiger partial charge >= 0.3 is 0 Å². The van der Waals surface area contributed by atoms with Crippen LogP contribution in [0.4, 0.5) is 0 Å². The average molecular weight is 553 g/mol. The quantitative estimate of drug-likeness (QED) is 0.121. The highest BCUT2D eigenvalue weighted by Gasteiger charge is 2.29. The van der Waals surface area contributed by atoms with E-state index >= 15 is 0 Å². The molecule has 1 saturated heterocycles. The summed E-state index contributed by atoms with van der Waals surface area (Å²) in [5.74, 6) is -1.53. The number of rotatable bonds is 10. The smallest absolute Gasteiger partial charge is 0.289 e. The summed E-state index contributed by atoms with van der Waals surface area (Å²) in [6.07, 6.45) is 3.01. The monoisotopic (exact) mass is 552 g/mol. The van der Waals surface area contributed by atoms with E-state index in [1.165, 1.54) is 0 Å². The number of aliphatic imine (C=N–C) groups is 1. The van der Waals surface area contributed by atoms with Gasteiger partial charge in [0.1, 0.15) is 0 Å². The molecule has 0 spiro atoms. The van der Waals surface area contributed by atoms with Crippen molar-refractivity contribution < 1.29 is 14.4 Å². The summed E-state index contributed by atoms with van der Waals surface area (Å²) in [4.78, 5) is 40.7. The van der Waals surface area contributed by atoms with Crippen molar-refractivity contribution in [2.45, 2.75) is 50.7 Å². The third kappa shape index (κ3) is 12.8. The molecule has 11 heteroatoms. The number of carbonyl (C=O) groups is 3. The molecule has 218 valence electrons. The van der Waals surface area contributed by atoms with E-state index in [0.29, 0.717) is 25.9 Å². The highest BCUT2D eigenvalue weighted by atomic mass is 16.2. The van der Waals surface area contributed by atoms with Crippen molar-refractivity contribution in [1.29, 1.82) is 0 Å². The molecule has 1 aliphatic rings. The second-order valence-electron chi connectivity index (χ2n) is 9.86. The van der Waals surface area contributed by atoms with Crippen molar-refractivity contribution in [3.63, 3.8) is 0 Å². The lowest BCUT2D eigenvalue weighted by molar-refractivity contribution is -0.138. The number of guanidine groups is 1. The summed E-state index contributed by atoms with van der Waals surface area (Å²) in [6, 6.07) is 18.9. The highest BCUT2D eigenvalue weighted by Crippen LogP contribution is 2.15. The maximum Gasteiger partial charge on any atom is 0.289 e. The Balaban J connectivity index is 0.000000708. The lowest BCUT2D eigenvalue weighted by Gasteiger charge is -2.31. The van der Waals surface area contributed by atoms with Crippen LogP contribution in [0.25, 0.3) is 0 Å². The Bertz CT molecular complexity index is 1080. The Morgan fingerprint density at radius 2 is 1.62 bits per heavy atom. The fourth-order valence-electron chi connectivity index (χ4n) is 4.09. The molecule has 2 amide bonds. The summed E-state index contributed by atoms with van der Waals surface area (Å²) in [5, 5.41) is 11.8. The van der Waals surface area contributed by atoms with Crippen molar-refractivity contribution in [3.05, 3.63) is 71.8 Å². The van der Waals surface area contributed by atoms with Gasteiger partial charge in [-0.15, -0.1) is 0 Å². The van der Waals surface area contributed by atoms with Gasteiger partial charge in [0.2, 0.25) is 11.7 Å². The number of amides is 2. The van der Waals surface area contributed by atoms with Crippen LogP contribution in [0, 0.1) is 0 Å². The molecule has 3 rings (SSSR count). The summed E-state index contributed by atoms with van der Waals surface area (Å²) >= 11 is 0. The molecule has 2 aromatic carbocycles. The first-order valence-electron chi connectivity index (χ1n) is 13.7. The fraction of sp³-hybridized carbons (Fsp3) is 0.448. The molecule has 0 bridgehead atoms. The molecule has 10 N–H and O–H groups in total. The largest absolute Gasteiger partial charge is 0.370 e. The van der Waals surface area contributed by atoms with Crippen molar-refractivity contribution in [2.75, 3.05) is 32.7 Å². The molecule has 1 heterocycles. The third-order valence-electron chi connectivity index (χ3n) is 6.32. The van der Waals surface area contributed by atoms with Gasteiger partial charge in [-0.2, -0.15) is 0 Å². The standard InChI is InChI=1S/C25H33N5O3.C4H11N3/c26-25(15-19-7-3-1-4-8-19)12-14-27-13-11-21(30-18-25)23(32)29-17-22(31)24(33)28-16-20-9-5-2-6-10-20;1-2-3-7-4(5)6/h1-10,21,27,30H,11-18,26H2,(H,28,33)(H,29,32);2-3H2,1H3,(H4,5,6,7)/t21?,25-;/m1./s1. The number of Topliss-reactive ketones (excluding diaryl/α,β-unsaturated/α-hetero) is 1. The molecule has 0 aromatic heterocycles. The van der Waals surface area contributed by atoms with Crippen LogP contribution in [0.2, 0.25) is 0 Å². The zero-order valence-corrected chi connectivity index (χ0v) is 23.3. The van der Waals surface area contributed by atoms with E-state index in [9.17, 15) is 14.4 Å². The number of benzene rings is 2. The Morgan fingerprint density at radius 1 is 0.975 bits per heavy atom.